The summed E-state index contributed by atoms with van der Waals surface area (Å²) < 4.78 is 40.1. The van der Waals surface area contributed by atoms with Crippen LogP contribution in [0.2, 0.25) is 0 Å². The van der Waals surface area contributed by atoms with Crippen molar-refractivity contribution in [1.82, 2.24) is 4.31 Å². The average Bonchev–Trinajstić information content (AvgIpc) is 2.58. The highest BCUT2D eigenvalue weighted by atomic mass is 32.2. The number of piperazine rings is 1. The van der Waals surface area contributed by atoms with Gasteiger partial charge < -0.3 is 4.90 Å². The molecule has 1 amide bonds. The van der Waals surface area contributed by atoms with Crippen LogP contribution in [0.4, 0.5) is 10.1 Å². The Balaban J connectivity index is 1.88. The fraction of sp³-hybridized carbons (Fsp3) is 0.235. The Kier molecular flexibility index (Phi) is 4.38. The third kappa shape index (κ3) is 2.92. The molecule has 24 heavy (non-hydrogen) atoms. The third-order valence-electron chi connectivity index (χ3n) is 4.07. The molecule has 1 saturated heterocycles. The Bertz CT molecular complexity index is 855. The summed E-state index contributed by atoms with van der Waals surface area (Å²) >= 11 is 0. The summed E-state index contributed by atoms with van der Waals surface area (Å²) in [6, 6.07) is 12.9. The van der Waals surface area contributed by atoms with Crippen LogP contribution in [0.1, 0.15) is 6.92 Å². The fourth-order valence-corrected chi connectivity index (χ4v) is 4.41. The molecule has 7 heteroatoms. The summed E-state index contributed by atoms with van der Waals surface area (Å²) in [6.45, 7) is 1.88. The van der Waals surface area contributed by atoms with Gasteiger partial charge in [-0.2, -0.15) is 4.31 Å². The maximum Gasteiger partial charge on any atom is 0.245 e. The molecule has 1 atom stereocenters. The quantitative estimate of drug-likeness (QED) is 0.855. The molecule has 1 heterocycles. The van der Waals surface area contributed by atoms with Gasteiger partial charge in [-0.05, 0) is 37.3 Å². The number of rotatable bonds is 3. The van der Waals surface area contributed by atoms with E-state index in [0.717, 1.165) is 0 Å². The number of sulfonamides is 1. The van der Waals surface area contributed by atoms with Gasteiger partial charge in [0.2, 0.25) is 15.9 Å². The highest BCUT2D eigenvalue weighted by molar-refractivity contribution is 7.89. The molecule has 0 N–H and O–H groups in total. The normalized spacial score (nSPS) is 19.5. The molecule has 1 aliphatic heterocycles. The van der Waals surface area contributed by atoms with E-state index in [-0.39, 0.29) is 23.9 Å². The molecule has 3 rings (SSSR count). The maximum atomic E-state index is 13.4. The first-order valence-corrected chi connectivity index (χ1v) is 8.99. The smallest absolute Gasteiger partial charge is 0.245 e. The minimum Gasteiger partial charge on any atom is -0.310 e. The van der Waals surface area contributed by atoms with Crippen LogP contribution in [-0.2, 0) is 14.8 Å². The van der Waals surface area contributed by atoms with Crippen molar-refractivity contribution in [2.24, 2.45) is 0 Å². The molecule has 2 aromatic rings. The second-order valence-corrected chi connectivity index (χ2v) is 7.47. The SMILES string of the molecule is C[C@H]1C(=O)N(c2cccc(F)c2)CCN1S(=O)(=O)c1ccccc1. The summed E-state index contributed by atoms with van der Waals surface area (Å²) in [5, 5.41) is 0. The number of hydrogen-bond acceptors (Lipinski definition) is 3. The van der Waals surface area contributed by atoms with Crippen molar-refractivity contribution < 1.29 is 17.6 Å². The molecule has 0 aliphatic carbocycles. The zero-order valence-electron chi connectivity index (χ0n) is 13.1. The highest BCUT2D eigenvalue weighted by Gasteiger charge is 2.39. The molecule has 1 aliphatic rings. The maximum absolute atomic E-state index is 13.4. The average molecular weight is 348 g/mol. The number of carbonyl (C=O) groups is 1. The number of carbonyl (C=O) groups excluding carboxylic acids is 1. The summed E-state index contributed by atoms with van der Waals surface area (Å²) in [5.74, 6) is -0.807. The molecule has 0 radical (unpaired) electrons. The molecular formula is C17H17FN2O3S. The van der Waals surface area contributed by atoms with Gasteiger partial charge in [-0.3, -0.25) is 4.79 Å². The molecule has 0 bridgehead atoms. The van der Waals surface area contributed by atoms with Crippen molar-refractivity contribution in [3.63, 3.8) is 0 Å². The number of hydrogen-bond donors (Lipinski definition) is 0. The second kappa shape index (κ2) is 6.33. The van der Waals surface area contributed by atoms with E-state index in [1.54, 1.807) is 31.2 Å². The topological polar surface area (TPSA) is 57.7 Å². The first-order valence-electron chi connectivity index (χ1n) is 7.55. The highest BCUT2D eigenvalue weighted by Crippen LogP contribution is 2.25. The molecule has 0 saturated carbocycles. The van der Waals surface area contributed by atoms with Crippen LogP contribution in [0, 0.1) is 5.82 Å². The van der Waals surface area contributed by atoms with Gasteiger partial charge in [-0.1, -0.05) is 24.3 Å². The van der Waals surface area contributed by atoms with Crippen molar-refractivity contribution in [2.75, 3.05) is 18.0 Å². The van der Waals surface area contributed by atoms with E-state index < -0.39 is 21.9 Å². The van der Waals surface area contributed by atoms with Gasteiger partial charge in [-0.25, -0.2) is 12.8 Å². The van der Waals surface area contributed by atoms with E-state index in [9.17, 15) is 17.6 Å². The molecular weight excluding hydrogens is 331 g/mol. The first-order chi connectivity index (χ1) is 11.4. The predicted octanol–water partition coefficient (Wildman–Crippen LogP) is 2.25. The lowest BCUT2D eigenvalue weighted by Crippen LogP contribution is -2.57. The van der Waals surface area contributed by atoms with Gasteiger partial charge >= 0.3 is 0 Å². The van der Waals surface area contributed by atoms with Gasteiger partial charge in [0.25, 0.3) is 0 Å². The Morgan fingerprint density at radius 2 is 1.75 bits per heavy atom. The first kappa shape index (κ1) is 16.6. The number of nitrogens with zero attached hydrogens (tertiary/aromatic N) is 2. The van der Waals surface area contributed by atoms with Crippen LogP contribution in [0.3, 0.4) is 0 Å². The lowest BCUT2D eigenvalue weighted by atomic mass is 10.2. The van der Waals surface area contributed by atoms with Crippen molar-refractivity contribution in [3.8, 4) is 0 Å². The second-order valence-electron chi connectivity index (χ2n) is 5.57. The predicted molar refractivity (Wildman–Crippen MR) is 88.5 cm³/mol. The number of benzene rings is 2. The van der Waals surface area contributed by atoms with Crippen LogP contribution in [-0.4, -0.2) is 37.8 Å². The summed E-state index contributed by atoms with van der Waals surface area (Å²) in [7, 11) is -3.75. The van der Waals surface area contributed by atoms with Crippen LogP contribution < -0.4 is 4.90 Å². The summed E-state index contributed by atoms with van der Waals surface area (Å²) in [4.78, 5) is 14.2. The standard InChI is InChI=1S/C17H17FN2O3S/c1-13-17(21)19(15-7-5-6-14(18)12-15)10-11-20(13)24(22,23)16-8-3-2-4-9-16/h2-9,12-13H,10-11H2,1H3/t13-/m0/s1. The van der Waals surface area contributed by atoms with Crippen LogP contribution in [0.5, 0.6) is 0 Å². The van der Waals surface area contributed by atoms with Crippen LogP contribution in [0.25, 0.3) is 0 Å². The van der Waals surface area contributed by atoms with Gasteiger partial charge in [0, 0.05) is 18.8 Å². The molecule has 0 aromatic heterocycles. The van der Waals surface area contributed by atoms with E-state index in [4.69, 9.17) is 0 Å². The molecule has 2 aromatic carbocycles. The molecule has 126 valence electrons. The molecule has 0 unspecified atom stereocenters. The van der Waals surface area contributed by atoms with Gasteiger partial charge in [0.05, 0.1) is 4.90 Å². The van der Waals surface area contributed by atoms with Crippen molar-refractivity contribution >= 4 is 21.6 Å². The Labute approximate surface area is 140 Å². The lowest BCUT2D eigenvalue weighted by Gasteiger charge is -2.38. The zero-order chi connectivity index (χ0) is 17.3. The summed E-state index contributed by atoms with van der Waals surface area (Å²) in [6.07, 6.45) is 0. The van der Waals surface area contributed by atoms with Crippen molar-refractivity contribution in [2.45, 2.75) is 17.9 Å². The monoisotopic (exact) mass is 348 g/mol. The Hall–Kier alpha value is -2.25. The van der Waals surface area contributed by atoms with Gasteiger partial charge in [0.15, 0.2) is 0 Å². The van der Waals surface area contributed by atoms with Crippen LogP contribution >= 0.6 is 0 Å². The third-order valence-corrected chi connectivity index (χ3v) is 6.05. The van der Waals surface area contributed by atoms with Crippen LogP contribution in [0.15, 0.2) is 59.5 Å². The number of amides is 1. The van der Waals surface area contributed by atoms with E-state index in [2.05, 4.69) is 0 Å². The van der Waals surface area contributed by atoms with E-state index in [1.165, 1.54) is 39.5 Å². The number of halogens is 1. The minimum atomic E-state index is -3.75. The van der Waals surface area contributed by atoms with E-state index in [1.807, 2.05) is 0 Å². The van der Waals surface area contributed by atoms with E-state index >= 15 is 0 Å². The number of anilines is 1. The molecule has 1 fully saturated rings. The summed E-state index contributed by atoms with van der Waals surface area (Å²) in [5.41, 5.74) is 0.434. The van der Waals surface area contributed by atoms with Gasteiger partial charge in [-0.15, -0.1) is 0 Å². The largest absolute Gasteiger partial charge is 0.310 e. The van der Waals surface area contributed by atoms with E-state index in [0.29, 0.717) is 5.69 Å². The molecule has 5 nitrogen and oxygen atoms in total. The Morgan fingerprint density at radius 3 is 2.42 bits per heavy atom. The minimum absolute atomic E-state index is 0.153. The van der Waals surface area contributed by atoms with Crippen molar-refractivity contribution in [3.05, 3.63) is 60.4 Å². The zero-order valence-corrected chi connectivity index (χ0v) is 13.9. The van der Waals surface area contributed by atoms with Crippen molar-refractivity contribution in [1.29, 1.82) is 0 Å². The van der Waals surface area contributed by atoms with Gasteiger partial charge in [0.1, 0.15) is 11.9 Å². The fourth-order valence-electron chi connectivity index (χ4n) is 2.81. The Morgan fingerprint density at radius 1 is 1.04 bits per heavy atom. The molecule has 0 spiro atoms. The lowest BCUT2D eigenvalue weighted by molar-refractivity contribution is -0.123.